The Labute approximate surface area is 66.9 Å². The predicted molar refractivity (Wildman–Crippen MR) is 41.2 cm³/mol. The fourth-order valence-corrected chi connectivity index (χ4v) is 1.95. The lowest BCUT2D eigenvalue weighted by Crippen LogP contribution is -2.57. The van der Waals surface area contributed by atoms with E-state index in [1.807, 2.05) is 0 Å². The van der Waals surface area contributed by atoms with Gasteiger partial charge in [0.15, 0.2) is 0 Å². The molecule has 0 aliphatic carbocycles. The molecule has 11 heavy (non-hydrogen) atoms. The van der Waals surface area contributed by atoms with Gasteiger partial charge in [0, 0.05) is 25.6 Å². The molecule has 64 valence electrons. The van der Waals surface area contributed by atoms with Crippen LogP contribution in [0.2, 0.25) is 0 Å². The Kier molecular flexibility index (Phi) is 2.11. The molecule has 0 bridgehead atoms. The number of ether oxygens (including phenoxy) is 1. The second kappa shape index (κ2) is 3.09. The van der Waals surface area contributed by atoms with Gasteiger partial charge in [-0.05, 0) is 12.8 Å². The van der Waals surface area contributed by atoms with Gasteiger partial charge in [0.1, 0.15) is 6.23 Å². The summed E-state index contributed by atoms with van der Waals surface area (Å²) in [7, 11) is 0. The van der Waals surface area contributed by atoms with Crippen LogP contribution in [0, 0.1) is 0 Å². The predicted octanol–water partition coefficient (Wildman–Crippen LogP) is 0.189. The summed E-state index contributed by atoms with van der Waals surface area (Å²) in [5.74, 6) is 0. The van der Waals surface area contributed by atoms with Crippen molar-refractivity contribution in [2.75, 3.05) is 19.8 Å². The fourth-order valence-electron chi connectivity index (χ4n) is 1.95. The van der Waals surface area contributed by atoms with E-state index in [2.05, 4.69) is 4.90 Å². The van der Waals surface area contributed by atoms with Crippen molar-refractivity contribution < 1.29 is 9.84 Å². The topological polar surface area (TPSA) is 32.7 Å². The molecule has 2 rings (SSSR count). The molecule has 0 aromatic rings. The molecule has 3 nitrogen and oxygen atoms in total. The summed E-state index contributed by atoms with van der Waals surface area (Å²) in [6.45, 7) is 2.29. The summed E-state index contributed by atoms with van der Waals surface area (Å²) in [6, 6.07) is 0.764. The Morgan fingerprint density at radius 1 is 1.45 bits per heavy atom. The Bertz CT molecular complexity index is 138. The lowest BCUT2D eigenvalue weighted by atomic mass is 9.97. The van der Waals surface area contributed by atoms with Crippen LogP contribution >= 0.6 is 0 Å². The van der Waals surface area contributed by atoms with Crippen LogP contribution in [0.1, 0.15) is 19.3 Å². The molecule has 1 unspecified atom stereocenters. The van der Waals surface area contributed by atoms with Gasteiger partial charge in [-0.3, -0.25) is 4.90 Å². The molecule has 1 N–H and O–H groups in total. The van der Waals surface area contributed by atoms with E-state index in [1.165, 1.54) is 12.8 Å². The molecule has 0 aromatic heterocycles. The third-order valence-corrected chi connectivity index (χ3v) is 2.70. The van der Waals surface area contributed by atoms with Crippen LogP contribution in [-0.4, -0.2) is 42.0 Å². The first-order valence-corrected chi connectivity index (χ1v) is 4.40. The molecule has 2 atom stereocenters. The van der Waals surface area contributed by atoms with E-state index in [-0.39, 0.29) is 12.8 Å². The van der Waals surface area contributed by atoms with Gasteiger partial charge in [0.05, 0.1) is 6.61 Å². The molecule has 0 radical (unpaired) electrons. The largest absolute Gasteiger partial charge is 0.396 e. The first-order valence-electron chi connectivity index (χ1n) is 4.40. The van der Waals surface area contributed by atoms with Gasteiger partial charge in [-0.25, -0.2) is 0 Å². The molecule has 0 spiro atoms. The van der Waals surface area contributed by atoms with Gasteiger partial charge < -0.3 is 9.84 Å². The van der Waals surface area contributed by atoms with Crippen LogP contribution in [0.15, 0.2) is 0 Å². The van der Waals surface area contributed by atoms with Crippen molar-refractivity contribution in [2.24, 2.45) is 0 Å². The highest BCUT2D eigenvalue weighted by atomic mass is 16.5. The maximum absolute atomic E-state index is 8.74. The van der Waals surface area contributed by atoms with Gasteiger partial charge in [-0.2, -0.15) is 0 Å². The lowest BCUT2D eigenvalue weighted by molar-refractivity contribution is -0.166. The van der Waals surface area contributed by atoms with E-state index in [4.69, 9.17) is 9.84 Å². The van der Waals surface area contributed by atoms with Gasteiger partial charge in [0.2, 0.25) is 0 Å². The molecule has 3 heteroatoms. The Hall–Kier alpha value is -0.120. The second-order valence-electron chi connectivity index (χ2n) is 3.31. The van der Waals surface area contributed by atoms with E-state index in [9.17, 15) is 0 Å². The van der Waals surface area contributed by atoms with Crippen molar-refractivity contribution in [3.05, 3.63) is 0 Å². The highest BCUT2D eigenvalue weighted by Crippen LogP contribution is 2.29. The summed E-state index contributed by atoms with van der Waals surface area (Å²) < 4.78 is 5.52. The third-order valence-electron chi connectivity index (χ3n) is 2.70. The van der Waals surface area contributed by atoms with E-state index >= 15 is 0 Å². The van der Waals surface area contributed by atoms with Crippen LogP contribution < -0.4 is 0 Å². The monoisotopic (exact) mass is 157 g/mol. The smallest absolute Gasteiger partial charge is 0.113 e. The number of aliphatic hydroxyl groups is 1. The average molecular weight is 157 g/mol. The number of rotatable bonds is 2. The highest BCUT2D eigenvalue weighted by Gasteiger charge is 2.36. The van der Waals surface area contributed by atoms with E-state index in [0.29, 0.717) is 0 Å². The fraction of sp³-hybridized carbons (Fsp3) is 1.00. The number of nitrogens with zero attached hydrogens (tertiary/aromatic N) is 1. The minimum Gasteiger partial charge on any atom is -0.396 e. The number of aliphatic hydroxyl groups excluding tert-OH is 1. The van der Waals surface area contributed by atoms with Crippen molar-refractivity contribution in [3.8, 4) is 0 Å². The Morgan fingerprint density at radius 2 is 2.36 bits per heavy atom. The zero-order chi connectivity index (χ0) is 7.68. The molecule has 2 aliphatic heterocycles. The number of fused-ring (bicyclic) bond motifs is 1. The van der Waals surface area contributed by atoms with Crippen LogP contribution in [0.5, 0.6) is 0 Å². The molecule has 2 fully saturated rings. The third kappa shape index (κ3) is 1.28. The van der Waals surface area contributed by atoms with Crippen LogP contribution in [-0.2, 0) is 4.74 Å². The first-order chi connectivity index (χ1) is 5.42. The minimum absolute atomic E-state index is 0.215. The van der Waals surface area contributed by atoms with E-state index in [0.717, 1.165) is 25.6 Å². The van der Waals surface area contributed by atoms with Crippen molar-refractivity contribution in [1.29, 1.82) is 0 Å². The number of hydrogen-bond donors (Lipinski definition) is 1. The van der Waals surface area contributed by atoms with Crippen LogP contribution in [0.4, 0.5) is 0 Å². The van der Waals surface area contributed by atoms with Crippen LogP contribution in [0.3, 0.4) is 0 Å². The summed E-state index contributed by atoms with van der Waals surface area (Å²) in [4.78, 5) is 2.36. The molecule has 0 amide bonds. The van der Waals surface area contributed by atoms with Crippen molar-refractivity contribution >= 4 is 0 Å². The maximum Gasteiger partial charge on any atom is 0.113 e. The zero-order valence-electron chi connectivity index (χ0n) is 6.70. The first kappa shape index (κ1) is 7.53. The average Bonchev–Trinajstić information content (AvgIpc) is 1.94. The normalized spacial score (nSPS) is 37.9. The summed E-state index contributed by atoms with van der Waals surface area (Å²) in [6.07, 6.45) is 3.50. The summed E-state index contributed by atoms with van der Waals surface area (Å²) in [5.41, 5.74) is 0. The summed E-state index contributed by atoms with van der Waals surface area (Å²) >= 11 is 0. The second-order valence-corrected chi connectivity index (χ2v) is 3.31. The van der Waals surface area contributed by atoms with E-state index < -0.39 is 0 Å². The van der Waals surface area contributed by atoms with Crippen molar-refractivity contribution in [1.82, 2.24) is 4.90 Å². The Morgan fingerprint density at radius 3 is 3.00 bits per heavy atom. The lowest BCUT2D eigenvalue weighted by Gasteiger charge is -2.49. The summed E-state index contributed by atoms with van der Waals surface area (Å²) in [5, 5.41) is 8.74. The maximum atomic E-state index is 8.74. The van der Waals surface area contributed by atoms with Gasteiger partial charge in [-0.15, -0.1) is 0 Å². The molecule has 0 aromatic carbocycles. The van der Waals surface area contributed by atoms with Gasteiger partial charge in [0.25, 0.3) is 0 Å². The quantitative estimate of drug-likeness (QED) is 0.621. The van der Waals surface area contributed by atoms with Crippen molar-refractivity contribution in [3.63, 3.8) is 0 Å². The molecule has 2 aliphatic rings. The highest BCUT2D eigenvalue weighted by molar-refractivity contribution is 4.87. The van der Waals surface area contributed by atoms with E-state index in [1.54, 1.807) is 0 Å². The minimum atomic E-state index is 0.215. The van der Waals surface area contributed by atoms with Gasteiger partial charge >= 0.3 is 0 Å². The SMILES string of the molecule is OCC[C@H]1OCCC2CCN21. The molecular weight excluding hydrogens is 142 g/mol. The standard InChI is InChI=1S/C8H15NO2/c10-5-2-8-9-4-1-7(9)3-6-11-8/h7-8,10H,1-6H2/t7?,8-/m1/s1. The van der Waals surface area contributed by atoms with Crippen LogP contribution in [0.25, 0.3) is 0 Å². The molecular formula is C8H15NO2. The molecule has 2 heterocycles. The molecule has 0 saturated carbocycles. The van der Waals surface area contributed by atoms with Gasteiger partial charge in [-0.1, -0.05) is 0 Å². The zero-order valence-corrected chi connectivity index (χ0v) is 6.70. The van der Waals surface area contributed by atoms with Crippen molar-refractivity contribution in [2.45, 2.75) is 31.5 Å². The Balaban J connectivity index is 1.87. The number of hydrogen-bond acceptors (Lipinski definition) is 3. The molecule has 2 saturated heterocycles.